The zero-order chi connectivity index (χ0) is 12.1. The number of hydrogen-bond acceptors (Lipinski definition) is 2. The average molecular weight is 232 g/mol. The third-order valence-corrected chi connectivity index (χ3v) is 2.95. The van der Waals surface area contributed by atoms with Gasteiger partial charge >= 0.3 is 0 Å². The van der Waals surface area contributed by atoms with Gasteiger partial charge in [-0.05, 0) is 49.0 Å². The zero-order valence-corrected chi connectivity index (χ0v) is 10.4. The van der Waals surface area contributed by atoms with Crippen LogP contribution in [-0.2, 0) is 17.7 Å². The topological polar surface area (TPSA) is 40.2 Å². The van der Waals surface area contributed by atoms with Gasteiger partial charge in [0.2, 0.25) is 0 Å². The van der Waals surface area contributed by atoms with Gasteiger partial charge in [0.25, 0.3) is 0 Å². The van der Waals surface area contributed by atoms with Gasteiger partial charge in [-0.15, -0.1) is 0 Å². The maximum atomic E-state index is 5.57. The number of nitrogens with zero attached hydrogens (tertiary/aromatic N) is 1. The lowest BCUT2D eigenvalue weighted by molar-refractivity contribution is 0.140. The molecule has 0 fully saturated rings. The molecular formula is C14H20N2O. The fourth-order valence-electron chi connectivity index (χ4n) is 2.07. The molecule has 0 spiro atoms. The van der Waals surface area contributed by atoms with Crippen LogP contribution in [-0.4, -0.2) is 24.3 Å². The summed E-state index contributed by atoms with van der Waals surface area (Å²) >= 11 is 0. The Balaban J connectivity index is 2.16. The lowest BCUT2D eigenvalue weighted by Crippen LogP contribution is -2.05. The highest BCUT2D eigenvalue weighted by Crippen LogP contribution is 2.17. The Bertz CT molecular complexity index is 476. The van der Waals surface area contributed by atoms with Crippen LogP contribution in [0.3, 0.4) is 0 Å². The Hall–Kier alpha value is -1.32. The molecular weight excluding hydrogens is 212 g/mol. The first-order chi connectivity index (χ1) is 8.35. The lowest BCUT2D eigenvalue weighted by atomic mass is 10.1. The van der Waals surface area contributed by atoms with Crippen LogP contribution < -0.4 is 5.73 Å². The Morgan fingerprint density at radius 2 is 2.18 bits per heavy atom. The Morgan fingerprint density at radius 1 is 1.29 bits per heavy atom. The van der Waals surface area contributed by atoms with Crippen LogP contribution in [0.15, 0.2) is 30.5 Å². The molecule has 0 aliphatic heterocycles. The molecule has 0 saturated carbocycles. The Labute approximate surface area is 102 Å². The van der Waals surface area contributed by atoms with Gasteiger partial charge in [0.1, 0.15) is 0 Å². The number of hydrogen-bond donors (Lipinski definition) is 1. The van der Waals surface area contributed by atoms with E-state index in [1.807, 2.05) is 6.92 Å². The molecule has 17 heavy (non-hydrogen) atoms. The summed E-state index contributed by atoms with van der Waals surface area (Å²) in [6, 6.07) is 8.71. The van der Waals surface area contributed by atoms with Crippen LogP contribution in [0, 0.1) is 0 Å². The first-order valence-corrected chi connectivity index (χ1v) is 6.20. The van der Waals surface area contributed by atoms with Crippen LogP contribution in [0.2, 0.25) is 0 Å². The quantitative estimate of drug-likeness (QED) is 0.775. The van der Waals surface area contributed by atoms with E-state index in [2.05, 4.69) is 35.0 Å². The number of ether oxygens (including phenoxy) is 1. The molecule has 0 aliphatic rings. The molecule has 0 amide bonds. The molecule has 1 aromatic carbocycles. The third-order valence-electron chi connectivity index (χ3n) is 2.95. The van der Waals surface area contributed by atoms with Gasteiger partial charge in [0.05, 0.1) is 6.61 Å². The predicted molar refractivity (Wildman–Crippen MR) is 71.2 cm³/mol. The molecule has 92 valence electrons. The molecule has 2 aromatic rings. The summed E-state index contributed by atoms with van der Waals surface area (Å²) in [5, 5.41) is 1.28. The Morgan fingerprint density at radius 3 is 2.94 bits per heavy atom. The number of benzene rings is 1. The van der Waals surface area contributed by atoms with Crippen molar-refractivity contribution >= 4 is 10.9 Å². The molecule has 1 heterocycles. The maximum Gasteiger partial charge on any atom is 0.0645 e. The number of aromatic nitrogens is 1. The summed E-state index contributed by atoms with van der Waals surface area (Å²) in [6.07, 6.45) is 3.07. The average Bonchev–Trinajstić information content (AvgIpc) is 2.73. The fraction of sp³-hybridized carbons (Fsp3) is 0.429. The second-order valence-electron chi connectivity index (χ2n) is 4.14. The minimum atomic E-state index is 0.705. The van der Waals surface area contributed by atoms with Gasteiger partial charge in [0.15, 0.2) is 0 Å². The van der Waals surface area contributed by atoms with E-state index in [0.717, 1.165) is 26.2 Å². The molecule has 0 radical (unpaired) electrons. The molecule has 1 aromatic heterocycles. The van der Waals surface area contributed by atoms with E-state index in [4.69, 9.17) is 10.5 Å². The van der Waals surface area contributed by atoms with Gasteiger partial charge in [-0.1, -0.05) is 6.07 Å². The van der Waals surface area contributed by atoms with Gasteiger partial charge < -0.3 is 15.0 Å². The minimum absolute atomic E-state index is 0.705. The summed E-state index contributed by atoms with van der Waals surface area (Å²) < 4.78 is 7.61. The maximum absolute atomic E-state index is 5.57. The van der Waals surface area contributed by atoms with E-state index in [1.54, 1.807) is 0 Å². The summed E-state index contributed by atoms with van der Waals surface area (Å²) in [6.45, 7) is 5.18. The number of nitrogens with two attached hydrogens (primary N) is 1. The van der Waals surface area contributed by atoms with Crippen molar-refractivity contribution in [3.63, 3.8) is 0 Å². The van der Waals surface area contributed by atoms with Crippen molar-refractivity contribution in [2.45, 2.75) is 19.9 Å². The molecule has 2 N–H and O–H groups in total. The monoisotopic (exact) mass is 232 g/mol. The third kappa shape index (κ3) is 2.87. The molecule has 0 bridgehead atoms. The van der Waals surface area contributed by atoms with Crippen molar-refractivity contribution in [2.75, 3.05) is 19.8 Å². The van der Waals surface area contributed by atoms with E-state index in [-0.39, 0.29) is 0 Å². The van der Waals surface area contributed by atoms with E-state index in [0.29, 0.717) is 6.54 Å². The SMILES string of the molecule is CCOCCn1ccc2cc(CCN)ccc21. The highest BCUT2D eigenvalue weighted by atomic mass is 16.5. The first kappa shape index (κ1) is 12.1. The summed E-state index contributed by atoms with van der Waals surface area (Å²) in [4.78, 5) is 0. The zero-order valence-electron chi connectivity index (χ0n) is 10.4. The van der Waals surface area contributed by atoms with E-state index in [9.17, 15) is 0 Å². The summed E-state index contributed by atoms with van der Waals surface area (Å²) in [5.41, 5.74) is 8.15. The van der Waals surface area contributed by atoms with E-state index < -0.39 is 0 Å². The molecule has 0 unspecified atom stereocenters. The van der Waals surface area contributed by atoms with Gasteiger partial charge in [-0.2, -0.15) is 0 Å². The lowest BCUT2D eigenvalue weighted by Gasteiger charge is -2.06. The second kappa shape index (κ2) is 5.84. The van der Waals surface area contributed by atoms with Crippen molar-refractivity contribution in [3.8, 4) is 0 Å². The van der Waals surface area contributed by atoms with E-state index >= 15 is 0 Å². The van der Waals surface area contributed by atoms with E-state index in [1.165, 1.54) is 16.5 Å². The Kier molecular flexibility index (Phi) is 4.18. The van der Waals surface area contributed by atoms with Crippen molar-refractivity contribution < 1.29 is 4.74 Å². The normalized spacial score (nSPS) is 11.2. The van der Waals surface area contributed by atoms with Crippen LogP contribution in [0.1, 0.15) is 12.5 Å². The smallest absolute Gasteiger partial charge is 0.0645 e. The van der Waals surface area contributed by atoms with Gasteiger partial charge in [0, 0.05) is 24.9 Å². The molecule has 0 aliphatic carbocycles. The molecule has 3 heteroatoms. The highest BCUT2D eigenvalue weighted by molar-refractivity contribution is 5.80. The van der Waals surface area contributed by atoms with Crippen LogP contribution in [0.25, 0.3) is 10.9 Å². The second-order valence-corrected chi connectivity index (χ2v) is 4.14. The number of fused-ring (bicyclic) bond motifs is 1. The van der Waals surface area contributed by atoms with Crippen molar-refractivity contribution in [2.24, 2.45) is 5.73 Å². The highest BCUT2D eigenvalue weighted by Gasteiger charge is 2.01. The molecule has 3 nitrogen and oxygen atoms in total. The summed E-state index contributed by atoms with van der Waals surface area (Å²) in [5.74, 6) is 0. The van der Waals surface area contributed by atoms with Gasteiger partial charge in [-0.25, -0.2) is 0 Å². The first-order valence-electron chi connectivity index (χ1n) is 6.20. The largest absolute Gasteiger partial charge is 0.380 e. The molecule has 0 atom stereocenters. The molecule has 2 rings (SSSR count). The minimum Gasteiger partial charge on any atom is -0.380 e. The van der Waals surface area contributed by atoms with Crippen molar-refractivity contribution in [1.82, 2.24) is 4.57 Å². The predicted octanol–water partition coefficient (Wildman–Crippen LogP) is 2.18. The fourth-order valence-corrected chi connectivity index (χ4v) is 2.07. The van der Waals surface area contributed by atoms with Crippen molar-refractivity contribution in [1.29, 1.82) is 0 Å². The van der Waals surface area contributed by atoms with Crippen LogP contribution >= 0.6 is 0 Å². The number of rotatable bonds is 6. The van der Waals surface area contributed by atoms with Gasteiger partial charge in [-0.3, -0.25) is 0 Å². The van der Waals surface area contributed by atoms with Crippen molar-refractivity contribution in [3.05, 3.63) is 36.0 Å². The summed E-state index contributed by atoms with van der Waals surface area (Å²) in [7, 11) is 0. The molecule has 0 saturated heterocycles. The van der Waals surface area contributed by atoms with Crippen LogP contribution in [0.4, 0.5) is 0 Å². The van der Waals surface area contributed by atoms with Crippen LogP contribution in [0.5, 0.6) is 0 Å². The standard InChI is InChI=1S/C14H20N2O/c1-2-17-10-9-16-8-6-13-11-12(5-7-15)3-4-14(13)16/h3-4,6,8,11H,2,5,7,9-10,15H2,1H3.